The molecule has 1 aromatic heterocycles. The van der Waals surface area contributed by atoms with Crippen LogP contribution >= 0.6 is 0 Å². The van der Waals surface area contributed by atoms with Crippen molar-refractivity contribution in [3.05, 3.63) is 132 Å². The van der Waals surface area contributed by atoms with E-state index in [0.717, 1.165) is 59.7 Å². The van der Waals surface area contributed by atoms with Gasteiger partial charge in [-0.15, -0.1) is 0 Å². The predicted molar refractivity (Wildman–Crippen MR) is 165 cm³/mol. The molecule has 40 heavy (non-hydrogen) atoms. The Hall–Kier alpha value is -4.63. The molecule has 1 heterocycles. The van der Waals surface area contributed by atoms with Crippen molar-refractivity contribution in [1.29, 1.82) is 0 Å². The number of hydrogen-bond donors (Lipinski definition) is 0. The number of para-hydroxylation sites is 2. The van der Waals surface area contributed by atoms with Gasteiger partial charge >= 0.3 is 5.97 Å². The highest BCUT2D eigenvalue weighted by Gasteiger charge is 2.28. The largest absolute Gasteiger partial charge is 0.459 e. The van der Waals surface area contributed by atoms with E-state index in [2.05, 4.69) is 108 Å². The Labute approximate surface area is 234 Å². The quantitative estimate of drug-likeness (QED) is 0.148. The number of ether oxygens (including phenoxy) is 1. The van der Waals surface area contributed by atoms with Crippen molar-refractivity contribution in [3.8, 4) is 0 Å². The van der Waals surface area contributed by atoms with Gasteiger partial charge in [-0.1, -0.05) is 103 Å². The molecule has 3 heteroatoms. The van der Waals surface area contributed by atoms with Crippen LogP contribution in [0.25, 0.3) is 44.2 Å². The minimum absolute atomic E-state index is 0.0590. The SMILES string of the molecule is O=C(OC1CC1)c1ccc2ccccc2c1/C(=C\c1ccccc1)CCCn1c2ccccc2c2ccccc21. The number of allylic oxidation sites excluding steroid dienone is 1. The minimum Gasteiger partial charge on any atom is -0.459 e. The van der Waals surface area contributed by atoms with Gasteiger partial charge in [-0.2, -0.15) is 0 Å². The van der Waals surface area contributed by atoms with E-state index in [1.54, 1.807) is 0 Å². The number of aryl methyl sites for hydroxylation is 1. The summed E-state index contributed by atoms with van der Waals surface area (Å²) in [4.78, 5) is 13.4. The maximum atomic E-state index is 13.4. The van der Waals surface area contributed by atoms with Crippen LogP contribution in [0.15, 0.2) is 115 Å². The summed E-state index contributed by atoms with van der Waals surface area (Å²) in [7, 11) is 0. The van der Waals surface area contributed by atoms with E-state index in [0.29, 0.717) is 5.56 Å². The molecule has 3 nitrogen and oxygen atoms in total. The third-order valence-corrected chi connectivity index (χ3v) is 7.92. The van der Waals surface area contributed by atoms with Crippen LogP contribution in [0.1, 0.15) is 47.2 Å². The van der Waals surface area contributed by atoms with Gasteiger partial charge in [0.15, 0.2) is 0 Å². The van der Waals surface area contributed by atoms with Gasteiger partial charge in [-0.25, -0.2) is 4.79 Å². The van der Waals surface area contributed by atoms with Crippen molar-refractivity contribution in [1.82, 2.24) is 4.57 Å². The fraction of sp³-hybridized carbons (Fsp3) is 0.162. The number of nitrogens with zero attached hydrogens (tertiary/aromatic N) is 1. The van der Waals surface area contributed by atoms with E-state index in [-0.39, 0.29) is 12.1 Å². The molecule has 0 bridgehead atoms. The lowest BCUT2D eigenvalue weighted by atomic mass is 9.89. The Morgan fingerprint density at radius 1 is 0.725 bits per heavy atom. The molecule has 196 valence electrons. The predicted octanol–water partition coefficient (Wildman–Crippen LogP) is 9.29. The van der Waals surface area contributed by atoms with Gasteiger partial charge in [0.2, 0.25) is 0 Å². The van der Waals surface area contributed by atoms with Crippen molar-refractivity contribution in [2.24, 2.45) is 0 Å². The fourth-order valence-corrected chi connectivity index (χ4v) is 5.88. The number of hydrogen-bond acceptors (Lipinski definition) is 2. The third kappa shape index (κ3) is 4.69. The van der Waals surface area contributed by atoms with Crippen LogP contribution in [0.2, 0.25) is 0 Å². The molecule has 5 aromatic carbocycles. The minimum atomic E-state index is -0.218. The van der Waals surface area contributed by atoms with Crippen LogP contribution in [0, 0.1) is 0 Å². The highest BCUT2D eigenvalue weighted by atomic mass is 16.5. The van der Waals surface area contributed by atoms with Crippen molar-refractivity contribution >= 4 is 50.2 Å². The standard InChI is InChI=1S/C37H31NO2/c39-37(40-29-21-22-29)33-23-20-27-13-4-5-15-30(27)36(33)28(25-26-11-2-1-3-12-26)14-10-24-38-34-18-8-6-16-31(34)32-17-7-9-19-35(32)38/h1-9,11-13,15-20,23,25,29H,10,14,21-22,24H2/b28-25-. The maximum absolute atomic E-state index is 13.4. The lowest BCUT2D eigenvalue weighted by molar-refractivity contribution is 0.0472. The van der Waals surface area contributed by atoms with Gasteiger partial charge in [-0.3, -0.25) is 0 Å². The molecule has 1 aliphatic carbocycles. The Bertz CT molecular complexity index is 1820. The first kappa shape index (κ1) is 24.4. The summed E-state index contributed by atoms with van der Waals surface area (Å²) in [6.07, 6.45) is 5.99. The van der Waals surface area contributed by atoms with E-state index < -0.39 is 0 Å². The first-order valence-electron chi connectivity index (χ1n) is 14.2. The number of benzene rings is 5. The molecule has 0 unspecified atom stereocenters. The zero-order valence-electron chi connectivity index (χ0n) is 22.4. The molecular formula is C37H31NO2. The summed E-state index contributed by atoms with van der Waals surface area (Å²) in [6, 6.07) is 40.1. The van der Waals surface area contributed by atoms with E-state index in [1.165, 1.54) is 21.8 Å². The summed E-state index contributed by atoms with van der Waals surface area (Å²) < 4.78 is 8.27. The number of rotatable bonds is 8. The highest BCUT2D eigenvalue weighted by molar-refractivity contribution is 6.08. The summed E-state index contributed by atoms with van der Waals surface area (Å²) >= 11 is 0. The van der Waals surface area contributed by atoms with Crippen molar-refractivity contribution in [2.75, 3.05) is 0 Å². The number of aromatic nitrogens is 1. The van der Waals surface area contributed by atoms with E-state index in [1.807, 2.05) is 18.2 Å². The van der Waals surface area contributed by atoms with Gasteiger partial charge in [0.25, 0.3) is 0 Å². The second kappa shape index (κ2) is 10.5. The van der Waals surface area contributed by atoms with E-state index in [4.69, 9.17) is 4.74 Å². The lowest BCUT2D eigenvalue weighted by Gasteiger charge is -2.17. The van der Waals surface area contributed by atoms with E-state index in [9.17, 15) is 4.79 Å². The molecule has 7 rings (SSSR count). The van der Waals surface area contributed by atoms with Gasteiger partial charge in [-0.05, 0) is 71.4 Å². The first-order valence-corrected chi connectivity index (χ1v) is 14.2. The summed E-state index contributed by atoms with van der Waals surface area (Å²) in [5.74, 6) is -0.218. The lowest BCUT2D eigenvalue weighted by Crippen LogP contribution is -2.10. The van der Waals surface area contributed by atoms with E-state index >= 15 is 0 Å². The van der Waals surface area contributed by atoms with Crippen LogP contribution in [-0.2, 0) is 11.3 Å². The molecule has 0 N–H and O–H groups in total. The summed E-state index contributed by atoms with van der Waals surface area (Å²) in [6.45, 7) is 0.882. The fourth-order valence-electron chi connectivity index (χ4n) is 5.88. The third-order valence-electron chi connectivity index (χ3n) is 7.92. The molecule has 0 radical (unpaired) electrons. The van der Waals surface area contributed by atoms with Crippen LogP contribution in [0.4, 0.5) is 0 Å². The monoisotopic (exact) mass is 521 g/mol. The first-order chi connectivity index (χ1) is 19.8. The molecule has 1 aliphatic rings. The Kier molecular flexibility index (Phi) is 6.41. The molecule has 0 aliphatic heterocycles. The van der Waals surface area contributed by atoms with Crippen LogP contribution in [0.3, 0.4) is 0 Å². The van der Waals surface area contributed by atoms with Crippen molar-refractivity contribution in [3.63, 3.8) is 0 Å². The van der Waals surface area contributed by atoms with Crippen LogP contribution in [0.5, 0.6) is 0 Å². The van der Waals surface area contributed by atoms with Crippen LogP contribution in [-0.4, -0.2) is 16.6 Å². The molecule has 0 amide bonds. The van der Waals surface area contributed by atoms with Gasteiger partial charge in [0.05, 0.1) is 5.56 Å². The number of carbonyl (C=O) groups is 1. The van der Waals surface area contributed by atoms with Crippen molar-refractivity contribution < 1.29 is 9.53 Å². The van der Waals surface area contributed by atoms with Gasteiger partial charge in [0.1, 0.15) is 6.10 Å². The van der Waals surface area contributed by atoms with Gasteiger partial charge < -0.3 is 9.30 Å². The molecule has 0 spiro atoms. The van der Waals surface area contributed by atoms with Crippen LogP contribution < -0.4 is 0 Å². The maximum Gasteiger partial charge on any atom is 0.339 e. The number of carbonyl (C=O) groups excluding carboxylic acids is 1. The van der Waals surface area contributed by atoms with Crippen molar-refractivity contribution in [2.45, 2.75) is 38.3 Å². The topological polar surface area (TPSA) is 31.2 Å². The average Bonchev–Trinajstić information content (AvgIpc) is 3.77. The second-order valence-electron chi connectivity index (χ2n) is 10.7. The summed E-state index contributed by atoms with van der Waals surface area (Å²) in [5, 5.41) is 4.79. The molecule has 0 atom stereocenters. The zero-order valence-corrected chi connectivity index (χ0v) is 22.4. The highest BCUT2D eigenvalue weighted by Crippen LogP contribution is 2.36. The number of esters is 1. The molecular weight excluding hydrogens is 490 g/mol. The summed E-state index contributed by atoms with van der Waals surface area (Å²) in [5.41, 5.74) is 6.46. The Balaban J connectivity index is 1.30. The normalized spacial score (nSPS) is 13.8. The average molecular weight is 522 g/mol. The zero-order chi connectivity index (χ0) is 26.9. The molecule has 1 fully saturated rings. The number of fused-ring (bicyclic) bond motifs is 4. The second-order valence-corrected chi connectivity index (χ2v) is 10.7. The molecule has 0 saturated heterocycles. The Morgan fingerprint density at radius 3 is 2.05 bits per heavy atom. The van der Waals surface area contributed by atoms with Gasteiger partial charge in [0, 0.05) is 28.4 Å². The molecule has 6 aromatic rings. The smallest absolute Gasteiger partial charge is 0.339 e. The molecule has 1 saturated carbocycles. The Morgan fingerprint density at radius 2 is 1.35 bits per heavy atom.